The predicted molar refractivity (Wildman–Crippen MR) is 56.3 cm³/mol. The van der Waals surface area contributed by atoms with Gasteiger partial charge in [0.25, 0.3) is 0 Å². The fourth-order valence-electron chi connectivity index (χ4n) is 1.64. The molecule has 0 bridgehead atoms. The van der Waals surface area contributed by atoms with Crippen LogP contribution < -0.4 is 5.32 Å². The smallest absolute Gasteiger partial charge is 0.371 e. The highest BCUT2D eigenvalue weighted by molar-refractivity contribution is 7.91. The van der Waals surface area contributed by atoms with E-state index in [0.717, 1.165) is 0 Å². The van der Waals surface area contributed by atoms with Gasteiger partial charge in [-0.05, 0) is 12.5 Å². The lowest BCUT2D eigenvalue weighted by atomic mass is 10.3. The molecule has 1 aliphatic heterocycles. The zero-order valence-electron chi connectivity index (χ0n) is 8.34. The molecule has 0 aromatic carbocycles. The van der Waals surface area contributed by atoms with Crippen molar-refractivity contribution in [3.63, 3.8) is 0 Å². The molecule has 1 aromatic heterocycles. The first-order valence-corrected chi connectivity index (χ1v) is 6.58. The second kappa shape index (κ2) is 3.82. The molecule has 2 rings (SSSR count). The van der Waals surface area contributed by atoms with Gasteiger partial charge in [0.05, 0.1) is 11.5 Å². The summed E-state index contributed by atoms with van der Waals surface area (Å²) >= 11 is 0. The van der Waals surface area contributed by atoms with Crippen molar-refractivity contribution in [1.29, 1.82) is 0 Å². The Bertz CT molecular complexity index is 504. The highest BCUT2D eigenvalue weighted by Gasteiger charge is 2.28. The van der Waals surface area contributed by atoms with Crippen molar-refractivity contribution in [1.82, 2.24) is 0 Å². The van der Waals surface area contributed by atoms with Crippen LogP contribution in [-0.2, 0) is 9.84 Å². The zero-order valence-corrected chi connectivity index (χ0v) is 9.16. The first kappa shape index (κ1) is 11.0. The molecule has 2 heterocycles. The third-order valence-electron chi connectivity index (χ3n) is 2.40. The van der Waals surface area contributed by atoms with Crippen molar-refractivity contribution in [2.45, 2.75) is 12.5 Å². The predicted octanol–water partition coefficient (Wildman–Crippen LogP) is 0.577. The van der Waals surface area contributed by atoms with Crippen LogP contribution in [0.4, 0.5) is 5.88 Å². The fourth-order valence-corrected chi connectivity index (χ4v) is 3.31. The summed E-state index contributed by atoms with van der Waals surface area (Å²) in [5.41, 5.74) is 0. The summed E-state index contributed by atoms with van der Waals surface area (Å²) < 4.78 is 27.3. The maximum atomic E-state index is 11.2. The molecule has 1 fully saturated rings. The lowest BCUT2D eigenvalue weighted by Crippen LogP contribution is -2.20. The topological polar surface area (TPSA) is 96.6 Å². The summed E-state index contributed by atoms with van der Waals surface area (Å²) in [7, 11) is -2.95. The number of nitrogens with one attached hydrogen (secondary N) is 1. The number of carboxylic acids is 1. The molecule has 6 nitrogen and oxygen atoms in total. The normalized spacial score (nSPS) is 23.1. The molecule has 0 radical (unpaired) electrons. The molecule has 1 aromatic rings. The number of carbonyl (C=O) groups is 1. The molecule has 16 heavy (non-hydrogen) atoms. The molecular formula is C9H11NO5S. The highest BCUT2D eigenvalue weighted by atomic mass is 32.2. The second-order valence-corrected chi connectivity index (χ2v) is 5.94. The number of rotatable bonds is 3. The number of carboxylic acid groups (broad SMARTS) is 1. The van der Waals surface area contributed by atoms with E-state index < -0.39 is 15.8 Å². The first-order valence-electron chi connectivity index (χ1n) is 4.76. The van der Waals surface area contributed by atoms with Crippen molar-refractivity contribution < 1.29 is 22.7 Å². The summed E-state index contributed by atoms with van der Waals surface area (Å²) in [6, 6.07) is 2.61. The van der Waals surface area contributed by atoms with E-state index in [2.05, 4.69) is 5.32 Å². The molecule has 0 spiro atoms. The second-order valence-electron chi connectivity index (χ2n) is 3.71. The van der Waals surface area contributed by atoms with Gasteiger partial charge >= 0.3 is 5.97 Å². The zero-order chi connectivity index (χ0) is 11.8. The van der Waals surface area contributed by atoms with Gasteiger partial charge in [-0.2, -0.15) is 0 Å². The van der Waals surface area contributed by atoms with Gasteiger partial charge < -0.3 is 14.8 Å². The van der Waals surface area contributed by atoms with Crippen molar-refractivity contribution >= 4 is 21.7 Å². The molecular weight excluding hydrogens is 234 g/mol. The van der Waals surface area contributed by atoms with E-state index in [1.807, 2.05) is 0 Å². The van der Waals surface area contributed by atoms with Gasteiger partial charge in [-0.25, -0.2) is 13.2 Å². The summed E-state index contributed by atoms with van der Waals surface area (Å²) in [6.45, 7) is 0. The van der Waals surface area contributed by atoms with Crippen molar-refractivity contribution in [3.05, 3.63) is 17.9 Å². The molecule has 0 aliphatic carbocycles. The lowest BCUT2D eigenvalue weighted by molar-refractivity contribution is 0.0663. The largest absolute Gasteiger partial charge is 0.475 e. The van der Waals surface area contributed by atoms with E-state index in [1.54, 1.807) is 0 Å². The minimum Gasteiger partial charge on any atom is -0.475 e. The van der Waals surface area contributed by atoms with Gasteiger partial charge in [0, 0.05) is 12.1 Å². The van der Waals surface area contributed by atoms with E-state index in [9.17, 15) is 13.2 Å². The SMILES string of the molecule is O=C(O)c1ccc(NC2CCS(=O)(=O)C2)o1. The van der Waals surface area contributed by atoms with Crippen molar-refractivity contribution in [3.8, 4) is 0 Å². The Morgan fingerprint density at radius 2 is 2.25 bits per heavy atom. The van der Waals surface area contributed by atoms with Gasteiger partial charge in [0.1, 0.15) is 0 Å². The monoisotopic (exact) mass is 245 g/mol. The average Bonchev–Trinajstić information content (AvgIpc) is 2.73. The van der Waals surface area contributed by atoms with Crippen LogP contribution in [0.3, 0.4) is 0 Å². The Labute approximate surface area is 92.2 Å². The molecule has 2 N–H and O–H groups in total. The maximum absolute atomic E-state index is 11.2. The maximum Gasteiger partial charge on any atom is 0.371 e. The minimum absolute atomic E-state index is 0.0656. The van der Waals surface area contributed by atoms with Crippen LogP contribution in [0.2, 0.25) is 0 Å². The molecule has 1 unspecified atom stereocenters. The average molecular weight is 245 g/mol. The summed E-state index contributed by atoms with van der Waals surface area (Å²) in [5.74, 6) is -0.789. The third-order valence-corrected chi connectivity index (χ3v) is 4.16. The number of anilines is 1. The summed E-state index contributed by atoms with van der Waals surface area (Å²) in [5, 5.41) is 11.5. The van der Waals surface area contributed by atoms with Crippen molar-refractivity contribution in [2.75, 3.05) is 16.8 Å². The van der Waals surface area contributed by atoms with E-state index in [4.69, 9.17) is 9.52 Å². The van der Waals surface area contributed by atoms with Crippen molar-refractivity contribution in [2.24, 2.45) is 0 Å². The number of hydrogen-bond donors (Lipinski definition) is 2. The number of sulfone groups is 1. The molecule has 88 valence electrons. The quantitative estimate of drug-likeness (QED) is 0.808. The lowest BCUT2D eigenvalue weighted by Gasteiger charge is -2.08. The van der Waals surface area contributed by atoms with E-state index in [0.29, 0.717) is 12.3 Å². The standard InChI is InChI=1S/C9H11NO5S/c11-9(12)7-1-2-8(15-7)10-6-3-4-16(13,14)5-6/h1-2,6,10H,3-5H2,(H,11,12). The molecule has 1 aliphatic rings. The Morgan fingerprint density at radius 3 is 2.75 bits per heavy atom. The number of hydrogen-bond acceptors (Lipinski definition) is 5. The van der Waals surface area contributed by atoms with E-state index in [1.165, 1.54) is 12.1 Å². The van der Waals surface area contributed by atoms with Gasteiger partial charge in [0.15, 0.2) is 15.7 Å². The summed E-state index contributed by atoms with van der Waals surface area (Å²) in [6.07, 6.45) is 0.519. The number of furan rings is 1. The highest BCUT2D eigenvalue weighted by Crippen LogP contribution is 2.19. The Kier molecular flexibility index (Phi) is 2.63. The van der Waals surface area contributed by atoms with Crippen LogP contribution in [0, 0.1) is 0 Å². The van der Waals surface area contributed by atoms with Gasteiger partial charge in [0.2, 0.25) is 5.76 Å². The molecule has 1 saturated heterocycles. The van der Waals surface area contributed by atoms with Crippen LogP contribution >= 0.6 is 0 Å². The molecule has 0 saturated carbocycles. The Hall–Kier alpha value is -1.50. The van der Waals surface area contributed by atoms with Gasteiger partial charge in [-0.15, -0.1) is 0 Å². The Morgan fingerprint density at radius 1 is 1.50 bits per heavy atom. The van der Waals surface area contributed by atoms with E-state index in [-0.39, 0.29) is 23.3 Å². The molecule has 1 atom stereocenters. The van der Waals surface area contributed by atoms with Crippen LogP contribution in [0.25, 0.3) is 0 Å². The van der Waals surface area contributed by atoms with Gasteiger partial charge in [-0.1, -0.05) is 0 Å². The van der Waals surface area contributed by atoms with Crippen LogP contribution in [0.15, 0.2) is 16.5 Å². The minimum atomic E-state index is -2.95. The molecule has 0 amide bonds. The van der Waals surface area contributed by atoms with Crippen LogP contribution in [-0.4, -0.2) is 37.0 Å². The summed E-state index contributed by atoms with van der Waals surface area (Å²) in [4.78, 5) is 10.5. The van der Waals surface area contributed by atoms with Gasteiger partial charge in [-0.3, -0.25) is 0 Å². The van der Waals surface area contributed by atoms with E-state index >= 15 is 0 Å². The number of aromatic carboxylic acids is 1. The van der Waals surface area contributed by atoms with Crippen LogP contribution in [0.5, 0.6) is 0 Å². The first-order chi connectivity index (χ1) is 7.46. The third kappa shape index (κ3) is 2.35. The molecule has 7 heteroatoms. The van der Waals surface area contributed by atoms with Crippen LogP contribution in [0.1, 0.15) is 17.0 Å². The Balaban J connectivity index is 2.02. The fraction of sp³-hybridized carbons (Fsp3) is 0.444.